The highest BCUT2D eigenvalue weighted by molar-refractivity contribution is 6.02. The van der Waals surface area contributed by atoms with Gasteiger partial charge in [0.05, 0.1) is 0 Å². The molecule has 0 saturated heterocycles. The molecule has 2 aromatic rings. The van der Waals surface area contributed by atoms with E-state index in [4.69, 9.17) is 11.5 Å². The molecular weight excluding hydrogens is 312 g/mol. The summed E-state index contributed by atoms with van der Waals surface area (Å²) < 4.78 is 26.7. The molecule has 1 aliphatic rings. The second kappa shape index (κ2) is 6.23. The number of carbonyl (C=O) groups is 1. The van der Waals surface area contributed by atoms with E-state index in [1.165, 1.54) is 6.07 Å². The Morgan fingerprint density at radius 3 is 2.54 bits per heavy atom. The summed E-state index contributed by atoms with van der Waals surface area (Å²) >= 11 is 0. The number of halogens is 2. The Morgan fingerprint density at radius 1 is 1.04 bits per heavy atom. The molecule has 0 radical (unpaired) electrons. The van der Waals surface area contributed by atoms with Crippen molar-refractivity contribution in [2.45, 2.75) is 12.8 Å². The van der Waals surface area contributed by atoms with Gasteiger partial charge >= 0.3 is 0 Å². The molecule has 4 N–H and O–H groups in total. The molecule has 0 aliphatic heterocycles. The first-order valence-electron chi connectivity index (χ1n) is 7.38. The van der Waals surface area contributed by atoms with Crippen molar-refractivity contribution < 1.29 is 13.6 Å². The summed E-state index contributed by atoms with van der Waals surface area (Å²) in [5.74, 6) is -2.66. The normalized spacial score (nSPS) is 13.0. The molecule has 0 aromatic heterocycles. The maximum atomic E-state index is 13.6. The number of rotatable bonds is 2. The summed E-state index contributed by atoms with van der Waals surface area (Å²) in [6.45, 7) is 0. The minimum atomic E-state index is -0.909. The van der Waals surface area contributed by atoms with Crippen LogP contribution in [0.25, 0.3) is 5.57 Å². The number of benzene rings is 2. The van der Waals surface area contributed by atoms with E-state index in [-0.39, 0.29) is 5.96 Å². The molecule has 24 heavy (non-hydrogen) atoms. The Labute approximate surface area is 137 Å². The first kappa shape index (κ1) is 15.9. The lowest BCUT2D eigenvalue weighted by atomic mass is 9.86. The Hall–Kier alpha value is -3.02. The Kier molecular flexibility index (Phi) is 4.12. The van der Waals surface area contributed by atoms with Crippen molar-refractivity contribution >= 4 is 17.4 Å². The highest BCUT2D eigenvalue weighted by atomic mass is 19.2. The van der Waals surface area contributed by atoms with E-state index in [1.807, 2.05) is 12.1 Å². The van der Waals surface area contributed by atoms with Crippen molar-refractivity contribution in [2.75, 3.05) is 0 Å². The number of hydrogen-bond acceptors (Lipinski definition) is 1. The SMILES string of the molecule is NC(N)=NC(=O)c1ccc2c(c1)C(c1ccc(F)c(F)c1)=CCC2. The maximum absolute atomic E-state index is 13.6. The molecule has 0 saturated carbocycles. The van der Waals surface area contributed by atoms with Crippen LogP contribution in [0.4, 0.5) is 8.78 Å². The van der Waals surface area contributed by atoms with E-state index in [2.05, 4.69) is 4.99 Å². The fourth-order valence-electron chi connectivity index (χ4n) is 2.78. The van der Waals surface area contributed by atoms with Crippen LogP contribution in [0.2, 0.25) is 0 Å². The standard InChI is InChI=1S/C18H15F2N3O/c19-15-7-6-11(9-16(15)20)13-3-1-2-10-4-5-12(8-14(10)13)17(24)23-18(21)22/h3-9H,1-2H2,(H4,21,22,23,24). The molecule has 2 aromatic carbocycles. The second-order valence-corrected chi connectivity index (χ2v) is 5.50. The van der Waals surface area contributed by atoms with Crippen molar-refractivity contribution in [3.05, 3.63) is 76.4 Å². The van der Waals surface area contributed by atoms with E-state index in [9.17, 15) is 13.6 Å². The third-order valence-corrected chi connectivity index (χ3v) is 3.87. The van der Waals surface area contributed by atoms with Gasteiger partial charge in [-0.05, 0) is 59.4 Å². The maximum Gasteiger partial charge on any atom is 0.280 e. The van der Waals surface area contributed by atoms with Crippen molar-refractivity contribution in [2.24, 2.45) is 16.5 Å². The molecule has 4 nitrogen and oxygen atoms in total. The van der Waals surface area contributed by atoms with Crippen LogP contribution < -0.4 is 11.5 Å². The van der Waals surface area contributed by atoms with E-state index in [0.29, 0.717) is 11.1 Å². The molecule has 1 aliphatic carbocycles. The highest BCUT2D eigenvalue weighted by Crippen LogP contribution is 2.33. The zero-order valence-corrected chi connectivity index (χ0v) is 12.7. The molecule has 0 atom stereocenters. The molecule has 0 heterocycles. The zero-order chi connectivity index (χ0) is 17.3. The summed E-state index contributed by atoms with van der Waals surface area (Å²) in [6, 6.07) is 8.93. The molecular formula is C18H15F2N3O. The Balaban J connectivity index is 2.07. The Bertz CT molecular complexity index is 884. The summed E-state index contributed by atoms with van der Waals surface area (Å²) in [5, 5.41) is 0. The number of nitrogens with two attached hydrogens (primary N) is 2. The van der Waals surface area contributed by atoms with Crippen molar-refractivity contribution in [1.82, 2.24) is 0 Å². The predicted octanol–water partition coefficient (Wildman–Crippen LogP) is 2.76. The first-order valence-corrected chi connectivity index (χ1v) is 7.38. The van der Waals surface area contributed by atoms with Crippen LogP contribution in [-0.4, -0.2) is 11.9 Å². The van der Waals surface area contributed by atoms with Crippen molar-refractivity contribution in [3.8, 4) is 0 Å². The zero-order valence-electron chi connectivity index (χ0n) is 12.7. The van der Waals surface area contributed by atoms with Gasteiger partial charge in [-0.15, -0.1) is 0 Å². The number of amides is 1. The molecule has 1 amide bonds. The van der Waals surface area contributed by atoms with E-state index < -0.39 is 17.5 Å². The molecule has 6 heteroatoms. The van der Waals surface area contributed by atoms with Gasteiger partial charge in [-0.2, -0.15) is 4.99 Å². The van der Waals surface area contributed by atoms with Crippen LogP contribution in [0.5, 0.6) is 0 Å². The van der Waals surface area contributed by atoms with Crippen LogP contribution in [0.1, 0.15) is 33.5 Å². The first-order chi connectivity index (χ1) is 11.5. The molecule has 0 unspecified atom stereocenters. The lowest BCUT2D eigenvalue weighted by Crippen LogP contribution is -2.24. The molecule has 0 spiro atoms. The van der Waals surface area contributed by atoms with Gasteiger partial charge < -0.3 is 11.5 Å². The van der Waals surface area contributed by atoms with Gasteiger partial charge in [-0.3, -0.25) is 4.79 Å². The number of aryl methyl sites for hydroxylation is 1. The molecule has 3 rings (SSSR count). The minimum absolute atomic E-state index is 0.311. The Morgan fingerprint density at radius 2 is 1.83 bits per heavy atom. The van der Waals surface area contributed by atoms with Crippen molar-refractivity contribution in [1.29, 1.82) is 0 Å². The number of carbonyl (C=O) groups excluding carboxylic acids is 1. The fourth-order valence-corrected chi connectivity index (χ4v) is 2.78. The van der Waals surface area contributed by atoms with E-state index >= 15 is 0 Å². The smallest absolute Gasteiger partial charge is 0.280 e. The van der Waals surface area contributed by atoms with E-state index in [0.717, 1.165) is 41.7 Å². The van der Waals surface area contributed by atoms with Gasteiger partial charge in [-0.25, -0.2) is 8.78 Å². The minimum Gasteiger partial charge on any atom is -0.370 e. The highest BCUT2D eigenvalue weighted by Gasteiger charge is 2.18. The number of fused-ring (bicyclic) bond motifs is 1. The fraction of sp³-hybridized carbons (Fsp3) is 0.111. The van der Waals surface area contributed by atoms with E-state index in [1.54, 1.807) is 12.1 Å². The number of guanidine groups is 1. The largest absolute Gasteiger partial charge is 0.370 e. The van der Waals surface area contributed by atoms with Crippen LogP contribution in [0.3, 0.4) is 0 Å². The summed E-state index contributed by atoms with van der Waals surface area (Å²) in [7, 11) is 0. The van der Waals surface area contributed by atoms with Gasteiger partial charge in [0.25, 0.3) is 5.91 Å². The van der Waals surface area contributed by atoms with Gasteiger partial charge in [0.2, 0.25) is 0 Å². The third-order valence-electron chi connectivity index (χ3n) is 3.87. The van der Waals surface area contributed by atoms with Gasteiger partial charge in [0, 0.05) is 5.56 Å². The predicted molar refractivity (Wildman–Crippen MR) is 88.3 cm³/mol. The summed E-state index contributed by atoms with van der Waals surface area (Å²) in [5.41, 5.74) is 13.9. The van der Waals surface area contributed by atoms with Crippen LogP contribution >= 0.6 is 0 Å². The lowest BCUT2D eigenvalue weighted by molar-refractivity contribution is 0.100. The summed E-state index contributed by atoms with van der Waals surface area (Å²) in [6.07, 6.45) is 3.53. The quantitative estimate of drug-likeness (QED) is 0.657. The molecule has 122 valence electrons. The number of aliphatic imine (C=N–C) groups is 1. The number of nitrogens with zero attached hydrogens (tertiary/aromatic N) is 1. The topological polar surface area (TPSA) is 81.5 Å². The second-order valence-electron chi connectivity index (χ2n) is 5.50. The lowest BCUT2D eigenvalue weighted by Gasteiger charge is -2.19. The number of allylic oxidation sites excluding steroid dienone is 1. The van der Waals surface area contributed by atoms with Gasteiger partial charge in [0.1, 0.15) is 0 Å². The molecule has 0 fully saturated rings. The van der Waals surface area contributed by atoms with Crippen LogP contribution in [0, 0.1) is 11.6 Å². The number of hydrogen-bond donors (Lipinski definition) is 2. The van der Waals surface area contributed by atoms with Gasteiger partial charge in [-0.1, -0.05) is 18.2 Å². The van der Waals surface area contributed by atoms with Crippen LogP contribution in [-0.2, 0) is 6.42 Å². The van der Waals surface area contributed by atoms with Crippen molar-refractivity contribution in [3.63, 3.8) is 0 Å². The molecule has 0 bridgehead atoms. The average Bonchev–Trinajstić information content (AvgIpc) is 2.55. The van der Waals surface area contributed by atoms with Gasteiger partial charge in [0.15, 0.2) is 17.6 Å². The third kappa shape index (κ3) is 3.03. The average molecular weight is 327 g/mol. The summed E-state index contributed by atoms with van der Waals surface area (Å²) in [4.78, 5) is 15.5. The monoisotopic (exact) mass is 327 g/mol. The van der Waals surface area contributed by atoms with Crippen LogP contribution in [0.15, 0.2) is 47.5 Å².